The highest BCUT2D eigenvalue weighted by atomic mass is 35.5. The minimum atomic E-state index is -0.492. The molecule has 0 saturated carbocycles. The van der Waals surface area contributed by atoms with Crippen LogP contribution >= 0.6 is 11.6 Å². The molecule has 9 heteroatoms. The Hall–Kier alpha value is -3.39. The molecular formula is C21H18ClFN4O3. The maximum Gasteiger partial charge on any atom is 0.283 e. The molecule has 1 N–H and O–H groups in total. The number of nitrogens with one attached hydrogen (secondary N) is 1. The molecular weight excluding hydrogens is 411 g/mol. The van der Waals surface area contributed by atoms with Crippen molar-refractivity contribution in [3.05, 3.63) is 70.5 Å². The van der Waals surface area contributed by atoms with Gasteiger partial charge in [-0.3, -0.25) is 4.79 Å². The van der Waals surface area contributed by atoms with Crippen LogP contribution in [0.5, 0.6) is 0 Å². The third-order valence-electron chi connectivity index (χ3n) is 4.74. The third-order valence-corrected chi connectivity index (χ3v) is 5.03. The van der Waals surface area contributed by atoms with Gasteiger partial charge in [0.05, 0.1) is 16.8 Å². The molecule has 0 unspecified atom stereocenters. The minimum Gasteiger partial charge on any atom is -0.459 e. The molecule has 0 aliphatic heterocycles. The molecule has 3 aromatic heterocycles. The van der Waals surface area contributed by atoms with Gasteiger partial charge in [-0.25, -0.2) is 4.39 Å². The fourth-order valence-electron chi connectivity index (χ4n) is 3.14. The zero-order chi connectivity index (χ0) is 21.3. The zero-order valence-electron chi connectivity index (χ0n) is 16.3. The molecule has 3 heterocycles. The molecule has 0 saturated heterocycles. The Morgan fingerprint density at radius 2 is 2.00 bits per heavy atom. The molecule has 154 valence electrons. The van der Waals surface area contributed by atoms with E-state index in [1.807, 2.05) is 24.5 Å². The van der Waals surface area contributed by atoms with Gasteiger partial charge >= 0.3 is 0 Å². The van der Waals surface area contributed by atoms with Crippen LogP contribution in [-0.4, -0.2) is 20.7 Å². The fraction of sp³-hybridized carbons (Fsp3) is 0.190. The second-order valence-corrected chi connectivity index (χ2v) is 7.19. The SMILES string of the molecule is Cc1cc(-c2nnc(-c3ccco3)o2)c(C)n1CC(=O)NCc1ccc(F)c(Cl)c1. The van der Waals surface area contributed by atoms with E-state index in [1.54, 1.807) is 18.2 Å². The number of furan rings is 1. The van der Waals surface area contributed by atoms with E-state index < -0.39 is 5.82 Å². The van der Waals surface area contributed by atoms with Gasteiger partial charge < -0.3 is 18.7 Å². The molecule has 0 radical (unpaired) electrons. The maximum absolute atomic E-state index is 13.3. The summed E-state index contributed by atoms with van der Waals surface area (Å²) in [6.45, 7) is 4.15. The number of benzene rings is 1. The third kappa shape index (κ3) is 3.99. The summed E-state index contributed by atoms with van der Waals surface area (Å²) in [5, 5.41) is 11.0. The molecule has 7 nitrogen and oxygen atoms in total. The molecule has 30 heavy (non-hydrogen) atoms. The highest BCUT2D eigenvalue weighted by molar-refractivity contribution is 6.30. The highest BCUT2D eigenvalue weighted by Crippen LogP contribution is 2.28. The lowest BCUT2D eigenvalue weighted by Gasteiger charge is -2.10. The Morgan fingerprint density at radius 3 is 2.73 bits per heavy atom. The highest BCUT2D eigenvalue weighted by Gasteiger charge is 2.19. The van der Waals surface area contributed by atoms with E-state index >= 15 is 0 Å². The van der Waals surface area contributed by atoms with Crippen molar-refractivity contribution in [1.29, 1.82) is 0 Å². The maximum atomic E-state index is 13.3. The van der Waals surface area contributed by atoms with Gasteiger partial charge in [-0.1, -0.05) is 17.7 Å². The second kappa shape index (κ2) is 8.16. The van der Waals surface area contributed by atoms with Crippen LogP contribution in [0, 0.1) is 19.7 Å². The first-order valence-electron chi connectivity index (χ1n) is 9.17. The summed E-state index contributed by atoms with van der Waals surface area (Å²) in [4.78, 5) is 12.4. The number of hydrogen-bond donors (Lipinski definition) is 1. The molecule has 0 aliphatic carbocycles. The molecule has 4 rings (SSSR count). The first-order valence-corrected chi connectivity index (χ1v) is 9.55. The number of amides is 1. The smallest absolute Gasteiger partial charge is 0.283 e. The molecule has 0 aliphatic rings. The van der Waals surface area contributed by atoms with E-state index in [9.17, 15) is 9.18 Å². The van der Waals surface area contributed by atoms with Crippen molar-refractivity contribution in [2.24, 2.45) is 0 Å². The summed E-state index contributed by atoms with van der Waals surface area (Å²) in [5.41, 5.74) is 3.16. The van der Waals surface area contributed by atoms with E-state index in [0.29, 0.717) is 17.2 Å². The molecule has 0 bridgehead atoms. The Labute approximate surface area is 176 Å². The van der Waals surface area contributed by atoms with Crippen LogP contribution in [0.4, 0.5) is 4.39 Å². The number of rotatable bonds is 6. The van der Waals surface area contributed by atoms with Crippen molar-refractivity contribution in [3.8, 4) is 23.1 Å². The fourth-order valence-corrected chi connectivity index (χ4v) is 3.35. The van der Waals surface area contributed by atoms with Crippen LogP contribution in [-0.2, 0) is 17.9 Å². The predicted octanol–water partition coefficient (Wildman–Crippen LogP) is 4.52. The van der Waals surface area contributed by atoms with Crippen molar-refractivity contribution in [3.63, 3.8) is 0 Å². The van der Waals surface area contributed by atoms with Crippen molar-refractivity contribution in [1.82, 2.24) is 20.1 Å². The number of nitrogens with zero attached hydrogens (tertiary/aromatic N) is 3. The molecule has 0 fully saturated rings. The molecule has 0 spiro atoms. The van der Waals surface area contributed by atoms with Gasteiger partial charge in [-0.15, -0.1) is 10.2 Å². The van der Waals surface area contributed by atoms with E-state index in [1.165, 1.54) is 18.4 Å². The Kier molecular flexibility index (Phi) is 5.41. The summed E-state index contributed by atoms with van der Waals surface area (Å²) in [5.74, 6) is 0.445. The average molecular weight is 429 g/mol. The second-order valence-electron chi connectivity index (χ2n) is 6.79. The van der Waals surface area contributed by atoms with Gasteiger partial charge in [0.25, 0.3) is 5.89 Å². The summed E-state index contributed by atoms with van der Waals surface area (Å²) >= 11 is 5.78. The lowest BCUT2D eigenvalue weighted by atomic mass is 10.2. The molecule has 0 atom stereocenters. The molecule has 1 aromatic carbocycles. The Balaban J connectivity index is 1.47. The van der Waals surface area contributed by atoms with E-state index in [2.05, 4.69) is 15.5 Å². The van der Waals surface area contributed by atoms with E-state index in [4.69, 9.17) is 20.4 Å². The van der Waals surface area contributed by atoms with Crippen LogP contribution in [0.15, 0.2) is 51.5 Å². The quantitative estimate of drug-likeness (QED) is 0.487. The summed E-state index contributed by atoms with van der Waals surface area (Å²) < 4.78 is 26.1. The number of aryl methyl sites for hydroxylation is 1. The standard InChI is InChI=1S/C21H18ClFN4O3/c1-12-8-15(20-25-26-21(30-20)18-4-3-7-29-18)13(2)27(12)11-19(28)24-10-14-5-6-17(23)16(22)9-14/h3-9H,10-11H2,1-2H3,(H,24,28). The number of aromatic nitrogens is 3. The number of halogens is 2. The summed E-state index contributed by atoms with van der Waals surface area (Å²) in [7, 11) is 0. The van der Waals surface area contributed by atoms with Crippen LogP contribution in [0.2, 0.25) is 5.02 Å². The number of carbonyl (C=O) groups excluding carboxylic acids is 1. The van der Waals surface area contributed by atoms with Gasteiger partial charge in [0, 0.05) is 17.9 Å². The zero-order valence-corrected chi connectivity index (χ0v) is 17.0. The molecule has 1 amide bonds. The van der Waals surface area contributed by atoms with Crippen molar-refractivity contribution < 1.29 is 18.0 Å². The van der Waals surface area contributed by atoms with Gasteiger partial charge in [-0.2, -0.15) is 0 Å². The van der Waals surface area contributed by atoms with Crippen LogP contribution in [0.1, 0.15) is 17.0 Å². The largest absolute Gasteiger partial charge is 0.459 e. The van der Waals surface area contributed by atoms with Gasteiger partial charge in [0.15, 0.2) is 5.76 Å². The first-order chi connectivity index (χ1) is 14.4. The lowest BCUT2D eigenvalue weighted by Crippen LogP contribution is -2.27. The number of hydrogen-bond acceptors (Lipinski definition) is 5. The van der Waals surface area contributed by atoms with Gasteiger partial charge in [0.1, 0.15) is 12.4 Å². The summed E-state index contributed by atoms with van der Waals surface area (Å²) in [6.07, 6.45) is 1.53. The lowest BCUT2D eigenvalue weighted by molar-refractivity contribution is -0.121. The van der Waals surface area contributed by atoms with Gasteiger partial charge in [-0.05, 0) is 49.7 Å². The Bertz CT molecular complexity index is 1200. The van der Waals surface area contributed by atoms with Gasteiger partial charge in [0.2, 0.25) is 11.8 Å². The predicted molar refractivity (Wildman–Crippen MR) is 108 cm³/mol. The monoisotopic (exact) mass is 428 g/mol. The van der Waals surface area contributed by atoms with E-state index in [-0.39, 0.29) is 29.9 Å². The Morgan fingerprint density at radius 1 is 1.20 bits per heavy atom. The first kappa shape index (κ1) is 19.9. The summed E-state index contributed by atoms with van der Waals surface area (Å²) in [6, 6.07) is 9.72. The van der Waals surface area contributed by atoms with E-state index in [0.717, 1.165) is 17.0 Å². The van der Waals surface area contributed by atoms with Crippen molar-refractivity contribution >= 4 is 17.5 Å². The normalized spacial score (nSPS) is 11.1. The van der Waals surface area contributed by atoms with Crippen molar-refractivity contribution in [2.45, 2.75) is 26.9 Å². The van der Waals surface area contributed by atoms with Crippen LogP contribution in [0.3, 0.4) is 0 Å². The topological polar surface area (TPSA) is 86.1 Å². The molecule has 4 aromatic rings. The minimum absolute atomic E-state index is 0.0250. The van der Waals surface area contributed by atoms with Crippen LogP contribution < -0.4 is 5.32 Å². The van der Waals surface area contributed by atoms with Crippen molar-refractivity contribution in [2.75, 3.05) is 0 Å². The average Bonchev–Trinajstić information content (AvgIpc) is 3.46. The number of carbonyl (C=O) groups is 1. The van der Waals surface area contributed by atoms with Crippen LogP contribution in [0.25, 0.3) is 23.1 Å².